The third kappa shape index (κ3) is 3.97. The maximum Gasteiger partial charge on any atom is 0.228 e. The molecule has 4 nitrogen and oxygen atoms in total. The third-order valence-corrected chi connectivity index (χ3v) is 5.07. The van der Waals surface area contributed by atoms with Crippen molar-refractivity contribution in [3.63, 3.8) is 0 Å². The number of hydrogen-bond acceptors (Lipinski definition) is 3. The van der Waals surface area contributed by atoms with Crippen molar-refractivity contribution < 1.29 is 9.59 Å². The molecule has 124 valence electrons. The van der Waals surface area contributed by atoms with E-state index in [1.54, 1.807) is 11.8 Å². The summed E-state index contributed by atoms with van der Waals surface area (Å²) in [5, 5.41) is 6.07. The number of fused-ring (bicyclic) bond motifs is 1. The highest BCUT2D eigenvalue weighted by Gasteiger charge is 2.30. The van der Waals surface area contributed by atoms with E-state index in [4.69, 9.17) is 0 Å². The van der Waals surface area contributed by atoms with Gasteiger partial charge in [-0.2, -0.15) is 0 Å². The van der Waals surface area contributed by atoms with Crippen molar-refractivity contribution in [1.82, 2.24) is 5.32 Å². The number of thioether (sulfide) groups is 1. The lowest BCUT2D eigenvalue weighted by Crippen LogP contribution is -2.37. The summed E-state index contributed by atoms with van der Waals surface area (Å²) >= 11 is 1.72. The second kappa shape index (κ2) is 7.53. The highest BCUT2D eigenvalue weighted by molar-refractivity contribution is 8.00. The fourth-order valence-electron chi connectivity index (χ4n) is 2.79. The zero-order valence-electron chi connectivity index (χ0n) is 13.5. The van der Waals surface area contributed by atoms with Crippen molar-refractivity contribution in [3.8, 4) is 0 Å². The van der Waals surface area contributed by atoms with Crippen LogP contribution >= 0.6 is 11.8 Å². The molecule has 2 aromatic rings. The minimum absolute atomic E-state index is 0.0854. The van der Waals surface area contributed by atoms with Crippen LogP contribution in [0, 0.1) is 0 Å². The van der Waals surface area contributed by atoms with Crippen LogP contribution in [0.1, 0.15) is 24.8 Å². The Morgan fingerprint density at radius 2 is 1.92 bits per heavy atom. The lowest BCUT2D eigenvalue weighted by Gasteiger charge is -2.25. The number of carbonyl (C=O) groups excluding carboxylic acids is 2. The fourth-order valence-corrected chi connectivity index (χ4v) is 3.73. The van der Waals surface area contributed by atoms with Crippen LogP contribution in [0.4, 0.5) is 5.69 Å². The molecule has 2 N–H and O–H groups in total. The number of nitrogens with one attached hydrogen (secondary N) is 2. The molecule has 0 saturated heterocycles. The average Bonchev–Trinajstić information content (AvgIpc) is 2.59. The molecule has 2 aromatic carbocycles. The van der Waals surface area contributed by atoms with E-state index in [0.717, 1.165) is 11.3 Å². The van der Waals surface area contributed by atoms with Gasteiger partial charge in [-0.3, -0.25) is 9.59 Å². The van der Waals surface area contributed by atoms with Crippen molar-refractivity contribution in [2.75, 3.05) is 11.9 Å². The molecule has 2 atom stereocenters. The van der Waals surface area contributed by atoms with Gasteiger partial charge < -0.3 is 10.6 Å². The van der Waals surface area contributed by atoms with Gasteiger partial charge in [0.1, 0.15) is 0 Å². The molecule has 0 aliphatic carbocycles. The van der Waals surface area contributed by atoms with Crippen LogP contribution in [-0.2, 0) is 9.59 Å². The van der Waals surface area contributed by atoms with Crippen molar-refractivity contribution in [3.05, 3.63) is 60.2 Å². The summed E-state index contributed by atoms with van der Waals surface area (Å²) in [6.45, 7) is 2.65. The standard InChI is InChI=1S/C19H20N2O2S/c1-13(24-14-7-3-2-4-8-14)12-20-19(23)16-11-18(22)21-17-10-6-5-9-15(16)17/h2-10,13,16H,11-12H2,1H3,(H,20,23)(H,21,22)/t13-,16-/m1/s1. The Balaban J connectivity index is 1.60. The van der Waals surface area contributed by atoms with Gasteiger partial charge in [0.2, 0.25) is 11.8 Å². The lowest BCUT2D eigenvalue weighted by atomic mass is 9.90. The van der Waals surface area contributed by atoms with Gasteiger partial charge in [-0.25, -0.2) is 0 Å². The molecular weight excluding hydrogens is 320 g/mol. The zero-order valence-corrected chi connectivity index (χ0v) is 14.3. The van der Waals surface area contributed by atoms with Gasteiger partial charge in [0.15, 0.2) is 0 Å². The smallest absolute Gasteiger partial charge is 0.228 e. The molecule has 0 unspecified atom stereocenters. The molecule has 3 rings (SSSR count). The van der Waals surface area contributed by atoms with Gasteiger partial charge in [0.25, 0.3) is 0 Å². The Hall–Kier alpha value is -2.27. The van der Waals surface area contributed by atoms with E-state index in [2.05, 4.69) is 29.7 Å². The summed E-state index contributed by atoms with van der Waals surface area (Å²) in [6, 6.07) is 17.6. The number of carbonyl (C=O) groups is 2. The van der Waals surface area contributed by atoms with Crippen molar-refractivity contribution in [1.29, 1.82) is 0 Å². The number of amides is 2. The summed E-state index contributed by atoms with van der Waals surface area (Å²) in [6.07, 6.45) is 0.197. The first kappa shape index (κ1) is 16.6. The molecule has 1 heterocycles. The first-order valence-electron chi connectivity index (χ1n) is 8.01. The summed E-state index contributed by atoms with van der Waals surface area (Å²) < 4.78 is 0. The average molecular weight is 340 g/mol. The molecule has 1 aliphatic heterocycles. The molecule has 2 amide bonds. The summed E-state index contributed by atoms with van der Waals surface area (Å²) in [4.78, 5) is 25.6. The first-order valence-corrected chi connectivity index (χ1v) is 8.89. The van der Waals surface area contributed by atoms with Crippen LogP contribution in [-0.4, -0.2) is 23.6 Å². The number of anilines is 1. The largest absolute Gasteiger partial charge is 0.354 e. The Labute approximate surface area is 146 Å². The van der Waals surface area contributed by atoms with E-state index >= 15 is 0 Å². The fraction of sp³-hybridized carbons (Fsp3) is 0.263. The highest BCUT2D eigenvalue weighted by atomic mass is 32.2. The summed E-state index contributed by atoms with van der Waals surface area (Å²) in [5.41, 5.74) is 1.62. The molecule has 5 heteroatoms. The van der Waals surface area contributed by atoms with Crippen molar-refractivity contribution >= 4 is 29.3 Å². The predicted molar refractivity (Wildman–Crippen MR) is 97.2 cm³/mol. The van der Waals surface area contributed by atoms with Gasteiger partial charge in [-0.05, 0) is 23.8 Å². The van der Waals surface area contributed by atoms with Gasteiger partial charge in [0.05, 0.1) is 5.92 Å². The van der Waals surface area contributed by atoms with E-state index < -0.39 is 5.92 Å². The molecule has 0 spiro atoms. The van der Waals surface area contributed by atoms with E-state index in [9.17, 15) is 9.59 Å². The first-order chi connectivity index (χ1) is 11.6. The minimum atomic E-state index is -0.413. The maximum atomic E-state index is 12.6. The van der Waals surface area contributed by atoms with Gasteiger partial charge in [0, 0.05) is 28.8 Å². The van der Waals surface area contributed by atoms with Crippen LogP contribution < -0.4 is 10.6 Å². The highest BCUT2D eigenvalue weighted by Crippen LogP contribution is 2.32. The van der Waals surface area contributed by atoms with Crippen molar-refractivity contribution in [2.45, 2.75) is 29.4 Å². The van der Waals surface area contributed by atoms with Crippen LogP contribution in [0.3, 0.4) is 0 Å². The quantitative estimate of drug-likeness (QED) is 0.820. The van der Waals surface area contributed by atoms with Crippen LogP contribution in [0.15, 0.2) is 59.5 Å². The molecule has 0 radical (unpaired) electrons. The molecule has 0 aromatic heterocycles. The monoisotopic (exact) mass is 340 g/mol. The molecule has 1 aliphatic rings. The predicted octanol–water partition coefficient (Wildman–Crippen LogP) is 3.41. The van der Waals surface area contributed by atoms with Crippen LogP contribution in [0.5, 0.6) is 0 Å². The normalized spacial score (nSPS) is 17.5. The van der Waals surface area contributed by atoms with Gasteiger partial charge in [-0.15, -0.1) is 11.8 Å². The summed E-state index contributed by atoms with van der Waals surface area (Å²) in [5.74, 6) is -0.609. The molecular formula is C19H20N2O2S. The number of para-hydroxylation sites is 1. The number of benzene rings is 2. The second-order valence-corrected chi connectivity index (χ2v) is 7.39. The van der Waals surface area contributed by atoms with E-state index in [1.807, 2.05) is 42.5 Å². The Morgan fingerprint density at radius 1 is 1.21 bits per heavy atom. The van der Waals surface area contributed by atoms with Gasteiger partial charge >= 0.3 is 0 Å². The molecule has 0 saturated carbocycles. The Bertz CT molecular complexity index is 733. The molecule has 24 heavy (non-hydrogen) atoms. The minimum Gasteiger partial charge on any atom is -0.354 e. The number of rotatable bonds is 5. The number of hydrogen-bond donors (Lipinski definition) is 2. The lowest BCUT2D eigenvalue weighted by molar-refractivity contribution is -0.126. The van der Waals surface area contributed by atoms with E-state index in [0.29, 0.717) is 6.54 Å². The van der Waals surface area contributed by atoms with Crippen LogP contribution in [0.2, 0.25) is 0 Å². The van der Waals surface area contributed by atoms with Gasteiger partial charge in [-0.1, -0.05) is 43.3 Å². The zero-order chi connectivity index (χ0) is 16.9. The van der Waals surface area contributed by atoms with E-state index in [-0.39, 0.29) is 23.5 Å². The van der Waals surface area contributed by atoms with Crippen molar-refractivity contribution in [2.24, 2.45) is 0 Å². The second-order valence-electron chi connectivity index (χ2n) is 5.88. The SMILES string of the molecule is C[C@H](CNC(=O)[C@@H]1CC(=O)Nc2ccccc21)Sc1ccccc1. The summed E-state index contributed by atoms with van der Waals surface area (Å²) in [7, 11) is 0. The Morgan fingerprint density at radius 3 is 2.71 bits per heavy atom. The van der Waals surface area contributed by atoms with Crippen LogP contribution in [0.25, 0.3) is 0 Å². The third-order valence-electron chi connectivity index (χ3n) is 3.96. The Kier molecular flexibility index (Phi) is 5.20. The molecule has 0 fully saturated rings. The van der Waals surface area contributed by atoms with E-state index in [1.165, 1.54) is 4.90 Å². The molecule has 0 bridgehead atoms. The maximum absolute atomic E-state index is 12.6. The topological polar surface area (TPSA) is 58.2 Å².